The number of unbranched alkanes of at least 4 members (excludes halogenated alkanes) is 9. The van der Waals surface area contributed by atoms with Crippen LogP contribution < -0.4 is 0 Å². The molecule has 0 aliphatic rings. The van der Waals surface area contributed by atoms with E-state index in [0.29, 0.717) is 25.7 Å². The molecule has 10 heteroatoms. The highest BCUT2D eigenvalue weighted by Gasteiger charge is 2.29. The van der Waals surface area contributed by atoms with Gasteiger partial charge in [-0.05, 0) is 19.3 Å². The van der Waals surface area contributed by atoms with E-state index in [2.05, 4.69) is 11.7 Å². The van der Waals surface area contributed by atoms with E-state index in [1.807, 2.05) is 0 Å². The SMILES string of the molecule is CCCCCCCC[C@H](OS(C)(=O)=O)[C@@H](CCCCCCCC(=O)OC)OS(C)(=O)=O. The molecule has 0 fully saturated rings. The van der Waals surface area contributed by atoms with Gasteiger partial charge in [0.15, 0.2) is 0 Å². The molecule has 0 aromatic heterocycles. The van der Waals surface area contributed by atoms with Crippen molar-refractivity contribution in [1.82, 2.24) is 0 Å². The van der Waals surface area contributed by atoms with Crippen LogP contribution in [0.1, 0.15) is 96.8 Å². The van der Waals surface area contributed by atoms with Crippen molar-refractivity contribution in [2.24, 2.45) is 0 Å². The van der Waals surface area contributed by atoms with Crippen LogP contribution in [0.5, 0.6) is 0 Å². The second-order valence-corrected chi connectivity index (χ2v) is 11.3. The van der Waals surface area contributed by atoms with Gasteiger partial charge < -0.3 is 4.74 Å². The molecule has 0 radical (unpaired) electrons. The molecule has 0 amide bonds. The van der Waals surface area contributed by atoms with Crippen LogP contribution in [0.4, 0.5) is 0 Å². The summed E-state index contributed by atoms with van der Waals surface area (Å²) in [6, 6.07) is 0. The summed E-state index contributed by atoms with van der Waals surface area (Å²) in [6.45, 7) is 2.14. The summed E-state index contributed by atoms with van der Waals surface area (Å²) in [6.07, 6.45) is 11.7. The molecule has 186 valence electrons. The normalized spacial score (nSPS) is 14.3. The molecule has 0 heterocycles. The minimum Gasteiger partial charge on any atom is -0.469 e. The first-order valence-corrected chi connectivity index (χ1v) is 14.9. The molecule has 0 bridgehead atoms. The van der Waals surface area contributed by atoms with Crippen molar-refractivity contribution in [3.63, 3.8) is 0 Å². The van der Waals surface area contributed by atoms with Gasteiger partial charge in [-0.2, -0.15) is 16.8 Å². The lowest BCUT2D eigenvalue weighted by Gasteiger charge is -2.25. The molecular weight excluding hydrogens is 444 g/mol. The van der Waals surface area contributed by atoms with Gasteiger partial charge in [0.25, 0.3) is 20.2 Å². The molecule has 0 saturated heterocycles. The van der Waals surface area contributed by atoms with E-state index in [1.54, 1.807) is 0 Å². The number of carbonyl (C=O) groups is 1. The Labute approximate surface area is 189 Å². The number of methoxy groups -OCH3 is 1. The Morgan fingerprint density at radius 3 is 1.45 bits per heavy atom. The molecule has 0 aromatic rings. The Balaban J connectivity index is 4.74. The Hall–Kier alpha value is -0.710. The van der Waals surface area contributed by atoms with Gasteiger partial charge in [0, 0.05) is 6.42 Å². The third-order valence-electron chi connectivity index (χ3n) is 4.95. The van der Waals surface area contributed by atoms with Crippen molar-refractivity contribution in [2.45, 2.75) is 109 Å². The van der Waals surface area contributed by atoms with Gasteiger partial charge in [0.1, 0.15) is 12.2 Å². The number of hydrogen-bond acceptors (Lipinski definition) is 8. The number of ether oxygens (including phenoxy) is 1. The number of rotatable bonds is 20. The smallest absolute Gasteiger partial charge is 0.305 e. The molecule has 0 aliphatic carbocycles. The lowest BCUT2D eigenvalue weighted by molar-refractivity contribution is -0.140. The van der Waals surface area contributed by atoms with E-state index in [0.717, 1.165) is 70.3 Å². The van der Waals surface area contributed by atoms with E-state index in [4.69, 9.17) is 8.37 Å². The van der Waals surface area contributed by atoms with Crippen LogP contribution in [0, 0.1) is 0 Å². The molecule has 31 heavy (non-hydrogen) atoms. The van der Waals surface area contributed by atoms with Gasteiger partial charge in [0.2, 0.25) is 0 Å². The third kappa shape index (κ3) is 19.7. The highest BCUT2D eigenvalue weighted by Crippen LogP contribution is 2.22. The van der Waals surface area contributed by atoms with Crippen LogP contribution in [-0.4, -0.2) is 54.6 Å². The third-order valence-corrected chi connectivity index (χ3v) is 6.14. The van der Waals surface area contributed by atoms with Crippen LogP contribution in [0.3, 0.4) is 0 Å². The monoisotopic (exact) mass is 486 g/mol. The summed E-state index contributed by atoms with van der Waals surface area (Å²) in [5, 5.41) is 0. The van der Waals surface area contributed by atoms with Gasteiger partial charge >= 0.3 is 5.97 Å². The summed E-state index contributed by atoms with van der Waals surface area (Å²) < 4.78 is 62.1. The highest BCUT2D eigenvalue weighted by atomic mass is 32.2. The molecule has 2 atom stereocenters. The Morgan fingerprint density at radius 1 is 0.677 bits per heavy atom. The van der Waals surface area contributed by atoms with Crippen LogP contribution in [0.25, 0.3) is 0 Å². The van der Waals surface area contributed by atoms with Gasteiger partial charge in [-0.3, -0.25) is 13.2 Å². The van der Waals surface area contributed by atoms with Crippen LogP contribution in [-0.2, 0) is 38.1 Å². The maximum atomic E-state index is 11.8. The zero-order valence-corrected chi connectivity index (χ0v) is 21.3. The fraction of sp³-hybridized carbons (Fsp3) is 0.952. The lowest BCUT2D eigenvalue weighted by Crippen LogP contribution is -2.35. The van der Waals surface area contributed by atoms with Gasteiger partial charge in [-0.1, -0.05) is 71.1 Å². The van der Waals surface area contributed by atoms with Crippen LogP contribution >= 0.6 is 0 Å². The second-order valence-electron chi connectivity index (χ2n) is 8.12. The zero-order valence-electron chi connectivity index (χ0n) is 19.6. The second kappa shape index (κ2) is 16.9. The van der Waals surface area contributed by atoms with Crippen LogP contribution in [0.15, 0.2) is 0 Å². The molecule has 0 rings (SSSR count). The summed E-state index contributed by atoms with van der Waals surface area (Å²) in [7, 11) is -6.14. The Bertz CT molecular complexity index is 673. The first-order valence-electron chi connectivity index (χ1n) is 11.3. The predicted molar refractivity (Wildman–Crippen MR) is 122 cm³/mol. The molecule has 0 saturated carbocycles. The van der Waals surface area contributed by atoms with Crippen molar-refractivity contribution in [3.05, 3.63) is 0 Å². The van der Waals surface area contributed by atoms with Gasteiger partial charge in [-0.15, -0.1) is 0 Å². The topological polar surface area (TPSA) is 113 Å². The first-order chi connectivity index (χ1) is 14.5. The molecule has 0 N–H and O–H groups in total. The largest absolute Gasteiger partial charge is 0.469 e. The van der Waals surface area contributed by atoms with Crippen molar-refractivity contribution >= 4 is 26.2 Å². The molecule has 0 aromatic carbocycles. The fourth-order valence-electron chi connectivity index (χ4n) is 3.41. The molecule has 8 nitrogen and oxygen atoms in total. The first kappa shape index (κ1) is 30.3. The van der Waals surface area contributed by atoms with Crippen molar-refractivity contribution in [3.8, 4) is 0 Å². The van der Waals surface area contributed by atoms with Gasteiger partial charge in [-0.25, -0.2) is 0 Å². The maximum absolute atomic E-state index is 11.8. The summed E-state index contributed by atoms with van der Waals surface area (Å²) in [5.41, 5.74) is 0. The molecule has 0 spiro atoms. The maximum Gasteiger partial charge on any atom is 0.305 e. The number of esters is 1. The zero-order chi connectivity index (χ0) is 23.8. The van der Waals surface area contributed by atoms with E-state index in [-0.39, 0.29) is 5.97 Å². The average molecular weight is 487 g/mol. The minimum atomic E-state index is -3.76. The Morgan fingerprint density at radius 2 is 1.06 bits per heavy atom. The fourth-order valence-corrected chi connectivity index (χ4v) is 4.75. The number of hydrogen-bond donors (Lipinski definition) is 0. The summed E-state index contributed by atoms with van der Waals surface area (Å²) in [5.74, 6) is -0.225. The minimum absolute atomic E-state index is 0.225. The lowest BCUT2D eigenvalue weighted by atomic mass is 9.99. The molecular formula is C21H42O8S2. The van der Waals surface area contributed by atoms with E-state index in [9.17, 15) is 21.6 Å². The average Bonchev–Trinajstić information content (AvgIpc) is 2.66. The quantitative estimate of drug-likeness (QED) is 0.142. The van der Waals surface area contributed by atoms with Crippen molar-refractivity contribution < 1.29 is 34.7 Å². The van der Waals surface area contributed by atoms with Crippen molar-refractivity contribution in [2.75, 3.05) is 19.6 Å². The Kier molecular flexibility index (Phi) is 16.5. The predicted octanol–water partition coefficient (Wildman–Crippen LogP) is 4.33. The van der Waals surface area contributed by atoms with Gasteiger partial charge in [0.05, 0.1) is 19.6 Å². The summed E-state index contributed by atoms with van der Waals surface area (Å²) >= 11 is 0. The van der Waals surface area contributed by atoms with E-state index >= 15 is 0 Å². The molecule has 0 aliphatic heterocycles. The highest BCUT2D eigenvalue weighted by molar-refractivity contribution is 7.86. The van der Waals surface area contributed by atoms with Crippen LogP contribution in [0.2, 0.25) is 0 Å². The number of carbonyl (C=O) groups excluding carboxylic acids is 1. The van der Waals surface area contributed by atoms with Crippen molar-refractivity contribution in [1.29, 1.82) is 0 Å². The molecule has 0 unspecified atom stereocenters. The van der Waals surface area contributed by atoms with E-state index < -0.39 is 32.4 Å². The summed E-state index contributed by atoms with van der Waals surface area (Å²) in [4.78, 5) is 11.1. The van der Waals surface area contributed by atoms with E-state index in [1.165, 1.54) is 13.5 Å². The standard InChI is InChI=1S/C21H42O8S2/c1-5-6-7-8-10-13-16-19(28-30(3,23)24)20(29-31(4,25)26)17-14-11-9-12-15-18-21(22)27-2/h19-20H,5-18H2,1-4H3/t19-,20+/m0/s1.